The minimum atomic E-state index is -0.684. The monoisotopic (exact) mass is 507 g/mol. The van der Waals surface area contributed by atoms with Gasteiger partial charge in [0.1, 0.15) is 24.3 Å². The molecule has 2 rings (SSSR count). The molecule has 0 amide bonds. The summed E-state index contributed by atoms with van der Waals surface area (Å²) in [5, 5.41) is 24.7. The number of benzene rings is 2. The van der Waals surface area contributed by atoms with E-state index in [4.69, 9.17) is 23.7 Å². The molecule has 196 valence electrons. The molecule has 0 aliphatic rings. The molecule has 2 aromatic rings. The van der Waals surface area contributed by atoms with Crippen LogP contribution in [0.4, 0.5) is 17.1 Å². The maximum Gasteiger partial charge on any atom is 0.299 e. The fourth-order valence-corrected chi connectivity index (χ4v) is 2.81. The first-order valence-electron chi connectivity index (χ1n) is 11.2. The molecular weight excluding hydrogens is 478 g/mol. The molecule has 36 heavy (non-hydrogen) atoms. The summed E-state index contributed by atoms with van der Waals surface area (Å²) >= 11 is 0. The van der Waals surface area contributed by atoms with Crippen LogP contribution in [0.3, 0.4) is 0 Å². The molecule has 13 heteroatoms. The lowest BCUT2D eigenvalue weighted by atomic mass is 10.2. The van der Waals surface area contributed by atoms with Crippen LogP contribution in [0, 0.1) is 20.2 Å². The summed E-state index contributed by atoms with van der Waals surface area (Å²) in [4.78, 5) is 31.1. The Bertz CT molecular complexity index is 956. The number of ether oxygens (including phenoxy) is 5. The largest absolute Gasteiger partial charge is 0.491 e. The number of hydrogen-bond donors (Lipinski definition) is 1. The molecule has 0 bridgehead atoms. The van der Waals surface area contributed by atoms with Crippen molar-refractivity contribution in [1.82, 2.24) is 0 Å². The highest BCUT2D eigenvalue weighted by Crippen LogP contribution is 2.28. The Morgan fingerprint density at radius 1 is 0.722 bits per heavy atom. The van der Waals surface area contributed by atoms with Gasteiger partial charge in [-0.05, 0) is 30.3 Å². The second-order valence-electron chi connectivity index (χ2n) is 7.13. The van der Waals surface area contributed by atoms with Crippen LogP contribution in [0.15, 0.2) is 42.5 Å². The first-order valence-corrected chi connectivity index (χ1v) is 11.2. The van der Waals surface area contributed by atoms with E-state index in [1.165, 1.54) is 12.1 Å². The van der Waals surface area contributed by atoms with Gasteiger partial charge < -0.3 is 29.0 Å². The van der Waals surface area contributed by atoms with E-state index in [0.717, 1.165) is 12.4 Å². The molecule has 0 saturated heterocycles. The zero-order valence-electron chi connectivity index (χ0n) is 19.7. The third-order valence-electron chi connectivity index (χ3n) is 4.58. The van der Waals surface area contributed by atoms with Gasteiger partial charge in [0, 0.05) is 18.2 Å². The Labute approximate surface area is 207 Å². The number of nitro benzene ring substituents is 2. The van der Waals surface area contributed by atoms with Crippen LogP contribution in [0.25, 0.3) is 0 Å². The molecule has 0 atom stereocenters. The number of carbonyl (C=O) groups is 1. The second-order valence-corrected chi connectivity index (χ2v) is 7.13. The Kier molecular flexibility index (Phi) is 13.4. The number of rotatable bonds is 20. The minimum Gasteiger partial charge on any atom is -0.491 e. The Morgan fingerprint density at radius 3 is 1.81 bits per heavy atom. The summed E-state index contributed by atoms with van der Waals surface area (Å²) in [6, 6.07) is 10.2. The average molecular weight is 507 g/mol. The maximum atomic E-state index is 11.1. The van der Waals surface area contributed by atoms with Crippen molar-refractivity contribution in [2.75, 3.05) is 71.3 Å². The zero-order valence-corrected chi connectivity index (χ0v) is 19.7. The molecule has 0 heterocycles. The van der Waals surface area contributed by atoms with Gasteiger partial charge in [0.15, 0.2) is 0 Å². The molecule has 1 N–H and O–H groups in total. The molecule has 2 aromatic carbocycles. The van der Waals surface area contributed by atoms with Gasteiger partial charge in [-0.1, -0.05) is 0 Å². The van der Waals surface area contributed by atoms with Crippen LogP contribution in [0.1, 0.15) is 10.4 Å². The molecule has 13 nitrogen and oxygen atoms in total. The van der Waals surface area contributed by atoms with Crippen LogP contribution in [0.5, 0.6) is 5.75 Å². The van der Waals surface area contributed by atoms with Gasteiger partial charge in [-0.2, -0.15) is 0 Å². The summed E-state index contributed by atoms with van der Waals surface area (Å²) in [7, 11) is 0. The lowest BCUT2D eigenvalue weighted by molar-refractivity contribution is -0.393. The summed E-state index contributed by atoms with van der Waals surface area (Å²) in [6.45, 7) is 3.74. The van der Waals surface area contributed by atoms with Gasteiger partial charge in [0.25, 0.3) is 11.4 Å². The quantitative estimate of drug-likeness (QED) is 0.121. The predicted molar refractivity (Wildman–Crippen MR) is 129 cm³/mol. The Morgan fingerprint density at radius 2 is 1.28 bits per heavy atom. The lowest BCUT2D eigenvalue weighted by Gasteiger charge is -2.09. The number of nitro groups is 2. The van der Waals surface area contributed by atoms with E-state index in [2.05, 4.69) is 5.32 Å². The standard InChI is InChI=1S/C23H29N3O10/c27-18-19-1-4-21(5-2-19)36-16-15-35-14-13-34-12-11-33-10-9-32-8-7-24-22-6-3-20(25(28)29)17-23(22)26(30)31/h1-6,17-18,24H,7-16H2. The second kappa shape index (κ2) is 16.9. The number of non-ortho nitro benzene ring substituents is 1. The van der Waals surface area contributed by atoms with Crippen LogP contribution in [-0.2, 0) is 18.9 Å². The van der Waals surface area contributed by atoms with Crippen molar-refractivity contribution in [3.05, 3.63) is 68.3 Å². The Hall–Kier alpha value is -3.65. The first kappa shape index (κ1) is 28.6. The molecule has 0 radical (unpaired) electrons. The third kappa shape index (κ3) is 11.2. The van der Waals surface area contributed by atoms with Crippen molar-refractivity contribution in [1.29, 1.82) is 0 Å². The predicted octanol–water partition coefficient (Wildman–Crippen LogP) is 2.87. The van der Waals surface area contributed by atoms with Crippen LogP contribution < -0.4 is 10.1 Å². The van der Waals surface area contributed by atoms with Crippen molar-refractivity contribution < 1.29 is 38.3 Å². The van der Waals surface area contributed by atoms with E-state index in [1.54, 1.807) is 24.3 Å². The van der Waals surface area contributed by atoms with Crippen molar-refractivity contribution in [3.63, 3.8) is 0 Å². The van der Waals surface area contributed by atoms with Gasteiger partial charge in [-0.15, -0.1) is 0 Å². The van der Waals surface area contributed by atoms with Crippen LogP contribution in [0.2, 0.25) is 0 Å². The van der Waals surface area contributed by atoms with Crippen LogP contribution in [-0.4, -0.2) is 82.1 Å². The smallest absolute Gasteiger partial charge is 0.299 e. The fourth-order valence-electron chi connectivity index (χ4n) is 2.81. The topological polar surface area (TPSA) is 162 Å². The molecule has 0 unspecified atom stereocenters. The summed E-state index contributed by atoms with van der Waals surface area (Å²) in [5.41, 5.74) is 0.0663. The van der Waals surface area contributed by atoms with E-state index in [1.807, 2.05) is 0 Å². The molecule has 0 saturated carbocycles. The highest BCUT2D eigenvalue weighted by Gasteiger charge is 2.18. The number of carbonyl (C=O) groups excluding carboxylic acids is 1. The zero-order chi connectivity index (χ0) is 26.0. The van der Waals surface area contributed by atoms with Crippen molar-refractivity contribution in [3.8, 4) is 5.75 Å². The highest BCUT2D eigenvalue weighted by atomic mass is 16.6. The highest BCUT2D eigenvalue weighted by molar-refractivity contribution is 5.74. The molecule has 0 spiro atoms. The lowest BCUT2D eigenvalue weighted by Crippen LogP contribution is -2.15. The van der Waals surface area contributed by atoms with E-state index in [9.17, 15) is 25.0 Å². The first-order chi connectivity index (χ1) is 17.5. The van der Waals surface area contributed by atoms with E-state index < -0.39 is 9.85 Å². The van der Waals surface area contributed by atoms with Crippen LogP contribution >= 0.6 is 0 Å². The summed E-state index contributed by atoms with van der Waals surface area (Å²) < 4.78 is 27.1. The van der Waals surface area contributed by atoms with Crippen molar-refractivity contribution in [2.45, 2.75) is 0 Å². The average Bonchev–Trinajstić information content (AvgIpc) is 2.88. The number of anilines is 1. The minimum absolute atomic E-state index is 0.185. The Balaban J connectivity index is 1.39. The van der Waals surface area contributed by atoms with Gasteiger partial charge in [0.2, 0.25) is 0 Å². The number of hydrogen-bond acceptors (Lipinski definition) is 11. The maximum absolute atomic E-state index is 11.1. The molecule has 0 fully saturated rings. The van der Waals surface area contributed by atoms with E-state index in [-0.39, 0.29) is 23.7 Å². The van der Waals surface area contributed by atoms with E-state index >= 15 is 0 Å². The van der Waals surface area contributed by atoms with Gasteiger partial charge in [-0.3, -0.25) is 25.0 Å². The summed E-state index contributed by atoms with van der Waals surface area (Å²) in [5.74, 6) is 0.673. The van der Waals surface area contributed by atoms with Gasteiger partial charge in [0.05, 0.1) is 68.8 Å². The normalized spacial score (nSPS) is 10.7. The third-order valence-corrected chi connectivity index (χ3v) is 4.58. The van der Waals surface area contributed by atoms with Crippen molar-refractivity contribution in [2.24, 2.45) is 0 Å². The van der Waals surface area contributed by atoms with Gasteiger partial charge in [-0.25, -0.2) is 0 Å². The fraction of sp³-hybridized carbons (Fsp3) is 0.435. The number of aldehydes is 1. The molecule has 0 aliphatic carbocycles. The van der Waals surface area contributed by atoms with Gasteiger partial charge >= 0.3 is 0 Å². The SMILES string of the molecule is O=Cc1ccc(OCCOCCOCCOCCOCCNc2ccc([N+](=O)[O-])cc2[N+](=O)[O-])cc1. The van der Waals surface area contributed by atoms with E-state index in [0.29, 0.717) is 70.7 Å². The molecular formula is C23H29N3O10. The molecule has 0 aliphatic heterocycles. The number of nitrogens with one attached hydrogen (secondary N) is 1. The number of nitrogens with zero attached hydrogens (tertiary/aromatic N) is 2. The summed E-state index contributed by atoms with van der Waals surface area (Å²) in [6.07, 6.45) is 0.775. The van der Waals surface area contributed by atoms with Crippen molar-refractivity contribution >= 4 is 23.3 Å². The molecule has 0 aromatic heterocycles.